The number of esters is 1. The maximum absolute atomic E-state index is 12.6. The molecule has 6 heteroatoms. The van der Waals surface area contributed by atoms with Crippen molar-refractivity contribution in [1.82, 2.24) is 5.32 Å². The molecule has 1 aliphatic heterocycles. The molecule has 9 atom stereocenters. The van der Waals surface area contributed by atoms with Gasteiger partial charge in [-0.1, -0.05) is 27.7 Å². The Morgan fingerprint density at radius 2 is 1.88 bits per heavy atom. The molecule has 0 aromatic rings. The van der Waals surface area contributed by atoms with Gasteiger partial charge in [0.05, 0.1) is 11.6 Å². The Balaban J connectivity index is 1.32. The van der Waals surface area contributed by atoms with Crippen LogP contribution in [-0.2, 0) is 14.3 Å². The molecule has 4 saturated carbocycles. The van der Waals surface area contributed by atoms with E-state index in [1.54, 1.807) is 6.08 Å². The number of nitrogens with one attached hydrogen (secondary N) is 1. The zero-order chi connectivity index (χ0) is 24.5. The van der Waals surface area contributed by atoms with Gasteiger partial charge in [-0.15, -0.1) is 0 Å². The van der Waals surface area contributed by atoms with Crippen LogP contribution in [0.2, 0.25) is 0 Å². The first-order chi connectivity index (χ1) is 16.0. The Morgan fingerprint density at radius 1 is 1.12 bits per heavy atom. The molecule has 4 fully saturated rings. The third-order valence-corrected chi connectivity index (χ3v) is 11.4. The minimum Gasteiger partial charge on any atom is -0.458 e. The van der Waals surface area contributed by atoms with E-state index in [-0.39, 0.29) is 40.6 Å². The average molecular weight is 473 g/mol. The zero-order valence-electron chi connectivity index (χ0n) is 21.4. The van der Waals surface area contributed by atoms with Crippen LogP contribution in [0.15, 0.2) is 11.6 Å². The summed E-state index contributed by atoms with van der Waals surface area (Å²) in [6, 6.07) is -0.230. The SMILES string of the molecule is CC(C)[C@H](N)C(=O)N[C@H]1CC[C@@]2(C)[C@H](CC[C@@H]3[C@@H]2CC[C@]2(C)[C@@H](C4=CC(=O)OC4)CC[C@]32O)C1. The molecule has 5 rings (SSSR count). The first-order valence-corrected chi connectivity index (χ1v) is 13.6. The van der Waals surface area contributed by atoms with Gasteiger partial charge in [-0.3, -0.25) is 4.79 Å². The molecule has 1 heterocycles. The van der Waals surface area contributed by atoms with Crippen LogP contribution in [0.1, 0.15) is 85.5 Å². The Bertz CT molecular complexity index is 886. The number of carbonyl (C=O) groups excluding carboxylic acids is 2. The number of nitrogens with two attached hydrogens (primary N) is 1. The van der Waals surface area contributed by atoms with Gasteiger partial charge in [-0.05, 0) is 98.4 Å². The maximum Gasteiger partial charge on any atom is 0.331 e. The normalized spacial score (nSPS) is 46.7. The second kappa shape index (κ2) is 8.33. The molecule has 4 aliphatic carbocycles. The van der Waals surface area contributed by atoms with Crippen LogP contribution in [0, 0.1) is 40.4 Å². The Hall–Kier alpha value is -1.40. The van der Waals surface area contributed by atoms with Crippen molar-refractivity contribution in [3.8, 4) is 0 Å². The summed E-state index contributed by atoms with van der Waals surface area (Å²) in [5.74, 6) is 1.56. The lowest BCUT2D eigenvalue weighted by Gasteiger charge is -2.64. The van der Waals surface area contributed by atoms with E-state index >= 15 is 0 Å². The monoisotopic (exact) mass is 472 g/mol. The summed E-state index contributed by atoms with van der Waals surface area (Å²) >= 11 is 0. The largest absolute Gasteiger partial charge is 0.458 e. The number of carbonyl (C=O) groups is 2. The molecule has 1 amide bonds. The number of amides is 1. The topological polar surface area (TPSA) is 102 Å². The van der Waals surface area contributed by atoms with Crippen LogP contribution in [0.4, 0.5) is 0 Å². The molecule has 0 spiro atoms. The number of hydrogen-bond donors (Lipinski definition) is 3. The van der Waals surface area contributed by atoms with Crippen molar-refractivity contribution in [2.75, 3.05) is 6.61 Å². The second-order valence-electron chi connectivity index (χ2n) is 13.0. The van der Waals surface area contributed by atoms with Crippen LogP contribution in [0.5, 0.6) is 0 Å². The molecule has 0 bridgehead atoms. The summed E-state index contributed by atoms with van der Waals surface area (Å²) in [5.41, 5.74) is 6.55. The molecule has 0 aromatic heterocycles. The lowest BCUT2D eigenvalue weighted by molar-refractivity contribution is -0.205. The number of aliphatic hydroxyl groups is 1. The van der Waals surface area contributed by atoms with E-state index in [4.69, 9.17) is 10.5 Å². The number of cyclic esters (lactones) is 1. The van der Waals surface area contributed by atoms with Gasteiger partial charge < -0.3 is 20.9 Å². The van der Waals surface area contributed by atoms with Crippen LogP contribution in [0.25, 0.3) is 0 Å². The predicted molar refractivity (Wildman–Crippen MR) is 130 cm³/mol. The van der Waals surface area contributed by atoms with Crippen molar-refractivity contribution in [2.24, 2.45) is 46.2 Å². The van der Waals surface area contributed by atoms with Gasteiger partial charge in [-0.25, -0.2) is 4.79 Å². The third kappa shape index (κ3) is 3.49. The molecule has 0 aromatic carbocycles. The number of hydrogen-bond acceptors (Lipinski definition) is 5. The Labute approximate surface area is 204 Å². The molecular formula is C28H44N2O4. The van der Waals surface area contributed by atoms with Crippen molar-refractivity contribution >= 4 is 11.9 Å². The standard InChI is InChI=1S/C28H44N2O4/c1-16(2)24(29)25(32)30-19-7-10-26(3)18(14-19)5-6-22-21(26)8-11-27(4)20(9-12-28(22,27)33)17-13-23(31)34-15-17/h13,16,18-22,24,33H,5-12,14-15,29H2,1-4H3,(H,30,32)/t18-,19+,20-,21+,22-,24+,26+,27-,28+/m1/s1. The fourth-order valence-electron chi connectivity index (χ4n) is 9.14. The minimum atomic E-state index is -0.670. The fourth-order valence-corrected chi connectivity index (χ4v) is 9.14. The summed E-state index contributed by atoms with van der Waals surface area (Å²) in [6.07, 6.45) is 10.9. The Morgan fingerprint density at radius 3 is 2.56 bits per heavy atom. The molecule has 0 radical (unpaired) electrons. The zero-order valence-corrected chi connectivity index (χ0v) is 21.4. The van der Waals surface area contributed by atoms with E-state index in [0.717, 1.165) is 63.4 Å². The molecular weight excluding hydrogens is 428 g/mol. The van der Waals surface area contributed by atoms with Gasteiger partial charge in [0.2, 0.25) is 5.91 Å². The number of ether oxygens (including phenoxy) is 1. The third-order valence-electron chi connectivity index (χ3n) is 11.4. The summed E-state index contributed by atoms with van der Waals surface area (Å²) in [6.45, 7) is 9.14. The highest BCUT2D eigenvalue weighted by atomic mass is 16.5. The van der Waals surface area contributed by atoms with E-state index < -0.39 is 11.6 Å². The summed E-state index contributed by atoms with van der Waals surface area (Å²) in [7, 11) is 0. The highest BCUT2D eigenvalue weighted by Gasteiger charge is 2.67. The van der Waals surface area contributed by atoms with Gasteiger partial charge in [0, 0.05) is 17.5 Å². The van der Waals surface area contributed by atoms with Crippen LogP contribution < -0.4 is 11.1 Å². The van der Waals surface area contributed by atoms with E-state index in [9.17, 15) is 14.7 Å². The van der Waals surface area contributed by atoms with E-state index in [2.05, 4.69) is 19.2 Å². The molecule has 6 nitrogen and oxygen atoms in total. The van der Waals surface area contributed by atoms with Gasteiger partial charge in [0.25, 0.3) is 0 Å². The Kier molecular flexibility index (Phi) is 5.95. The first-order valence-electron chi connectivity index (χ1n) is 13.6. The predicted octanol–water partition coefficient (Wildman–Crippen LogP) is 3.71. The van der Waals surface area contributed by atoms with Crippen molar-refractivity contribution in [2.45, 2.75) is 103 Å². The lowest BCUT2D eigenvalue weighted by atomic mass is 9.43. The van der Waals surface area contributed by atoms with E-state index in [0.29, 0.717) is 24.4 Å². The molecule has 0 saturated heterocycles. The van der Waals surface area contributed by atoms with Gasteiger partial charge in [-0.2, -0.15) is 0 Å². The van der Waals surface area contributed by atoms with E-state index in [1.807, 2.05) is 13.8 Å². The molecule has 34 heavy (non-hydrogen) atoms. The highest BCUT2D eigenvalue weighted by molar-refractivity contribution is 5.85. The molecule has 5 aliphatic rings. The highest BCUT2D eigenvalue weighted by Crippen LogP contribution is 2.69. The van der Waals surface area contributed by atoms with Crippen molar-refractivity contribution in [1.29, 1.82) is 0 Å². The lowest BCUT2D eigenvalue weighted by Crippen LogP contribution is -2.63. The smallest absolute Gasteiger partial charge is 0.331 e. The fraction of sp³-hybridized carbons (Fsp3) is 0.857. The van der Waals surface area contributed by atoms with Gasteiger partial charge in [0.1, 0.15) is 6.61 Å². The quantitative estimate of drug-likeness (QED) is 0.542. The molecule has 4 N–H and O–H groups in total. The number of fused-ring (bicyclic) bond motifs is 5. The van der Waals surface area contributed by atoms with Crippen LogP contribution in [0.3, 0.4) is 0 Å². The average Bonchev–Trinajstić information content (AvgIpc) is 3.33. The van der Waals surface area contributed by atoms with Crippen molar-refractivity contribution in [3.63, 3.8) is 0 Å². The van der Waals surface area contributed by atoms with Crippen LogP contribution in [-0.4, -0.2) is 41.3 Å². The molecule has 190 valence electrons. The van der Waals surface area contributed by atoms with E-state index in [1.165, 1.54) is 0 Å². The van der Waals surface area contributed by atoms with Crippen molar-refractivity contribution < 1.29 is 19.4 Å². The van der Waals surface area contributed by atoms with Gasteiger partial charge >= 0.3 is 5.97 Å². The molecule has 0 unspecified atom stereocenters. The van der Waals surface area contributed by atoms with Crippen molar-refractivity contribution in [3.05, 3.63) is 11.6 Å². The van der Waals surface area contributed by atoms with Gasteiger partial charge in [0.15, 0.2) is 0 Å². The summed E-state index contributed by atoms with van der Waals surface area (Å²) < 4.78 is 5.24. The maximum atomic E-state index is 12.6. The van der Waals surface area contributed by atoms with Crippen LogP contribution >= 0.6 is 0 Å². The first kappa shape index (κ1) is 24.3. The minimum absolute atomic E-state index is 0.0132. The summed E-state index contributed by atoms with van der Waals surface area (Å²) in [4.78, 5) is 24.3. The second-order valence-corrected chi connectivity index (χ2v) is 13.0. The number of rotatable bonds is 4. The summed E-state index contributed by atoms with van der Waals surface area (Å²) in [5, 5.41) is 15.6.